The number of nitrogens with one attached hydrogen (secondary N) is 1. The minimum atomic E-state index is -0.737. The Bertz CT molecular complexity index is 497. The molecule has 18 heavy (non-hydrogen) atoms. The SMILES string of the molecule is CCN(c1cc(F)cc(F)c1N)C1C=CC=CN1. The number of dihydropyridines is 1. The van der Waals surface area contributed by atoms with Crippen molar-refractivity contribution in [2.24, 2.45) is 0 Å². The third-order valence-corrected chi connectivity index (χ3v) is 2.83. The molecular weight excluding hydrogens is 236 g/mol. The second-order valence-electron chi connectivity index (χ2n) is 3.96. The highest BCUT2D eigenvalue weighted by molar-refractivity contribution is 5.69. The first-order chi connectivity index (χ1) is 8.63. The van der Waals surface area contributed by atoms with Crippen molar-refractivity contribution < 1.29 is 8.78 Å². The summed E-state index contributed by atoms with van der Waals surface area (Å²) >= 11 is 0. The summed E-state index contributed by atoms with van der Waals surface area (Å²) in [5, 5.41) is 3.09. The van der Waals surface area contributed by atoms with Gasteiger partial charge < -0.3 is 16.0 Å². The van der Waals surface area contributed by atoms with Gasteiger partial charge in [-0.1, -0.05) is 6.08 Å². The minimum absolute atomic E-state index is 0.0389. The fourth-order valence-corrected chi connectivity index (χ4v) is 1.95. The molecule has 0 amide bonds. The van der Waals surface area contributed by atoms with E-state index in [9.17, 15) is 8.78 Å². The number of benzene rings is 1. The van der Waals surface area contributed by atoms with E-state index in [1.807, 2.05) is 25.2 Å². The molecule has 1 aliphatic rings. The van der Waals surface area contributed by atoms with Gasteiger partial charge in [-0.25, -0.2) is 8.78 Å². The molecule has 0 aliphatic carbocycles. The molecule has 0 aromatic heterocycles. The maximum Gasteiger partial charge on any atom is 0.151 e. The van der Waals surface area contributed by atoms with Gasteiger partial charge in [0.2, 0.25) is 0 Å². The summed E-state index contributed by atoms with van der Waals surface area (Å²) in [5.41, 5.74) is 6.00. The highest BCUT2D eigenvalue weighted by Crippen LogP contribution is 2.28. The van der Waals surface area contributed by atoms with Gasteiger partial charge in [0.05, 0.1) is 11.4 Å². The summed E-state index contributed by atoms with van der Waals surface area (Å²) in [6, 6.07) is 2.03. The van der Waals surface area contributed by atoms with Crippen molar-refractivity contribution in [2.45, 2.75) is 13.1 Å². The molecule has 2 rings (SSSR count). The minimum Gasteiger partial charge on any atom is -0.395 e. The Kier molecular flexibility index (Phi) is 3.50. The van der Waals surface area contributed by atoms with E-state index >= 15 is 0 Å². The second kappa shape index (κ2) is 5.08. The molecule has 0 spiro atoms. The van der Waals surface area contributed by atoms with Crippen LogP contribution in [0, 0.1) is 11.6 Å². The number of hydrogen-bond donors (Lipinski definition) is 2. The number of hydrogen-bond acceptors (Lipinski definition) is 3. The summed E-state index contributed by atoms with van der Waals surface area (Å²) in [5.74, 6) is -1.37. The van der Waals surface area contributed by atoms with Crippen LogP contribution in [-0.4, -0.2) is 12.7 Å². The Morgan fingerprint density at radius 3 is 2.72 bits per heavy atom. The molecular formula is C13H15F2N3. The van der Waals surface area contributed by atoms with Crippen molar-refractivity contribution in [3.05, 3.63) is 48.2 Å². The molecule has 1 unspecified atom stereocenters. The molecule has 3 nitrogen and oxygen atoms in total. The van der Waals surface area contributed by atoms with E-state index in [2.05, 4.69) is 5.32 Å². The molecule has 0 saturated carbocycles. The highest BCUT2D eigenvalue weighted by Gasteiger charge is 2.19. The largest absolute Gasteiger partial charge is 0.395 e. The number of allylic oxidation sites excluding steroid dienone is 2. The number of nitrogens with zero attached hydrogens (tertiary/aromatic N) is 1. The van der Waals surface area contributed by atoms with Gasteiger partial charge in [0.15, 0.2) is 5.82 Å². The van der Waals surface area contributed by atoms with E-state index < -0.39 is 11.6 Å². The van der Waals surface area contributed by atoms with Crippen molar-refractivity contribution in [1.29, 1.82) is 0 Å². The summed E-state index contributed by atoms with van der Waals surface area (Å²) in [6.45, 7) is 2.47. The number of rotatable bonds is 3. The monoisotopic (exact) mass is 251 g/mol. The van der Waals surface area contributed by atoms with Crippen LogP contribution in [0.4, 0.5) is 20.2 Å². The molecule has 0 saturated heterocycles. The Labute approximate surface area is 105 Å². The van der Waals surface area contributed by atoms with Gasteiger partial charge in [-0.3, -0.25) is 0 Å². The smallest absolute Gasteiger partial charge is 0.151 e. The molecule has 0 bridgehead atoms. The zero-order chi connectivity index (χ0) is 13.1. The molecule has 5 heteroatoms. The lowest BCUT2D eigenvalue weighted by atomic mass is 10.2. The molecule has 1 aromatic rings. The number of nitrogens with two attached hydrogens (primary N) is 1. The van der Waals surface area contributed by atoms with Gasteiger partial charge in [0.1, 0.15) is 12.0 Å². The van der Waals surface area contributed by atoms with Crippen LogP contribution < -0.4 is 16.0 Å². The van der Waals surface area contributed by atoms with E-state index in [4.69, 9.17) is 5.73 Å². The summed E-state index contributed by atoms with van der Waals surface area (Å²) in [7, 11) is 0. The second-order valence-corrected chi connectivity index (χ2v) is 3.96. The first-order valence-corrected chi connectivity index (χ1v) is 5.74. The standard InChI is InChI=1S/C13H15F2N3/c1-2-18(12-5-3-4-6-17-12)11-8-9(14)7-10(15)13(11)16/h3-8,12,17H,2,16H2,1H3. The number of halogens is 2. The quantitative estimate of drug-likeness (QED) is 0.810. The molecule has 3 N–H and O–H groups in total. The van der Waals surface area contributed by atoms with E-state index in [1.54, 1.807) is 11.1 Å². The van der Waals surface area contributed by atoms with Crippen molar-refractivity contribution in [2.75, 3.05) is 17.2 Å². The molecule has 0 fully saturated rings. The average molecular weight is 251 g/mol. The van der Waals surface area contributed by atoms with E-state index in [1.165, 1.54) is 6.07 Å². The van der Waals surface area contributed by atoms with Gasteiger partial charge >= 0.3 is 0 Å². The van der Waals surface area contributed by atoms with Crippen molar-refractivity contribution in [3.63, 3.8) is 0 Å². The molecule has 1 aromatic carbocycles. The fraction of sp³-hybridized carbons (Fsp3) is 0.231. The van der Waals surface area contributed by atoms with Crippen LogP contribution in [-0.2, 0) is 0 Å². The maximum absolute atomic E-state index is 13.5. The van der Waals surface area contributed by atoms with Crippen LogP contribution >= 0.6 is 0 Å². The van der Waals surface area contributed by atoms with Crippen LogP contribution in [0.1, 0.15) is 6.92 Å². The van der Waals surface area contributed by atoms with E-state index in [0.717, 1.165) is 6.07 Å². The van der Waals surface area contributed by atoms with E-state index in [0.29, 0.717) is 12.2 Å². The predicted molar refractivity (Wildman–Crippen MR) is 69.0 cm³/mol. The van der Waals surface area contributed by atoms with Gasteiger partial charge in [0, 0.05) is 12.6 Å². The van der Waals surface area contributed by atoms with Gasteiger partial charge in [-0.15, -0.1) is 0 Å². The van der Waals surface area contributed by atoms with Crippen LogP contribution in [0.2, 0.25) is 0 Å². The molecule has 0 radical (unpaired) electrons. The summed E-state index contributed by atoms with van der Waals surface area (Å²) in [6.07, 6.45) is 7.23. The number of likely N-dealkylation sites (N-methyl/N-ethyl adjacent to an activating group) is 1. The lowest BCUT2D eigenvalue weighted by molar-refractivity contribution is 0.580. The van der Waals surface area contributed by atoms with Gasteiger partial charge in [-0.05, 0) is 31.3 Å². The van der Waals surface area contributed by atoms with Crippen LogP contribution in [0.25, 0.3) is 0 Å². The van der Waals surface area contributed by atoms with Crippen molar-refractivity contribution >= 4 is 11.4 Å². The molecule has 96 valence electrons. The highest BCUT2D eigenvalue weighted by atomic mass is 19.1. The molecule has 1 aliphatic heterocycles. The third-order valence-electron chi connectivity index (χ3n) is 2.83. The number of anilines is 2. The first-order valence-electron chi connectivity index (χ1n) is 5.74. The Hall–Kier alpha value is -2.04. The van der Waals surface area contributed by atoms with Crippen molar-refractivity contribution in [1.82, 2.24) is 5.32 Å². The fourth-order valence-electron chi connectivity index (χ4n) is 1.95. The van der Waals surface area contributed by atoms with Crippen LogP contribution in [0.3, 0.4) is 0 Å². The predicted octanol–water partition coefficient (Wildman–Crippen LogP) is 2.37. The molecule has 1 heterocycles. The van der Waals surface area contributed by atoms with Crippen molar-refractivity contribution in [3.8, 4) is 0 Å². The Morgan fingerprint density at radius 2 is 2.11 bits per heavy atom. The zero-order valence-corrected chi connectivity index (χ0v) is 10.0. The molecule has 1 atom stereocenters. The summed E-state index contributed by atoms with van der Waals surface area (Å²) in [4.78, 5) is 1.79. The van der Waals surface area contributed by atoms with Gasteiger partial charge in [0.25, 0.3) is 0 Å². The van der Waals surface area contributed by atoms with Crippen LogP contribution in [0.5, 0.6) is 0 Å². The zero-order valence-electron chi connectivity index (χ0n) is 10.0. The number of nitrogen functional groups attached to an aromatic ring is 1. The van der Waals surface area contributed by atoms with Gasteiger partial charge in [-0.2, -0.15) is 0 Å². The third kappa shape index (κ3) is 2.30. The summed E-state index contributed by atoms with van der Waals surface area (Å²) < 4.78 is 26.8. The van der Waals surface area contributed by atoms with E-state index in [-0.39, 0.29) is 11.9 Å². The first kappa shape index (κ1) is 12.4. The average Bonchev–Trinajstić information content (AvgIpc) is 2.37. The Morgan fingerprint density at radius 1 is 1.33 bits per heavy atom. The maximum atomic E-state index is 13.5. The normalized spacial score (nSPS) is 17.6. The topological polar surface area (TPSA) is 41.3 Å². The Balaban J connectivity index is 2.38. The van der Waals surface area contributed by atoms with Crippen LogP contribution in [0.15, 0.2) is 36.6 Å². The lowest BCUT2D eigenvalue weighted by Crippen LogP contribution is -2.43. The lowest BCUT2D eigenvalue weighted by Gasteiger charge is -2.32.